The van der Waals surface area contributed by atoms with Crippen molar-refractivity contribution in [3.63, 3.8) is 0 Å². The van der Waals surface area contributed by atoms with Gasteiger partial charge in [-0.2, -0.15) is 26.3 Å². The van der Waals surface area contributed by atoms with Gasteiger partial charge in [-0.15, -0.1) is 11.3 Å². The zero-order chi connectivity index (χ0) is 16.6. The van der Waals surface area contributed by atoms with Gasteiger partial charge in [0.15, 0.2) is 5.92 Å². The molecule has 0 aliphatic carbocycles. The third-order valence-corrected chi connectivity index (χ3v) is 5.64. The number of alkyl halides is 6. The van der Waals surface area contributed by atoms with E-state index in [1.165, 1.54) is 4.72 Å². The maximum absolute atomic E-state index is 12.5. The zero-order valence-corrected chi connectivity index (χ0v) is 12.5. The van der Waals surface area contributed by atoms with Gasteiger partial charge in [-0.3, -0.25) is 0 Å². The summed E-state index contributed by atoms with van der Waals surface area (Å²) in [6.07, 6.45) is -11.3. The summed E-state index contributed by atoms with van der Waals surface area (Å²) < 4.78 is 99.2. The Balaban J connectivity index is 3.05. The molecule has 1 rings (SSSR count). The lowest BCUT2D eigenvalue weighted by molar-refractivity contribution is -0.289. The van der Waals surface area contributed by atoms with E-state index in [2.05, 4.69) is 0 Å². The van der Waals surface area contributed by atoms with Gasteiger partial charge in [-0.05, 0) is 19.1 Å². The predicted molar refractivity (Wildman–Crippen MR) is 64.7 cm³/mol. The number of hydrogen-bond acceptors (Lipinski definition) is 3. The van der Waals surface area contributed by atoms with Gasteiger partial charge in [0, 0.05) is 6.04 Å². The number of nitrogens with one attached hydrogen (secondary N) is 1. The van der Waals surface area contributed by atoms with E-state index in [1.807, 2.05) is 0 Å². The summed E-state index contributed by atoms with van der Waals surface area (Å²) in [5.74, 6) is -3.81. The maximum Gasteiger partial charge on any atom is 0.402 e. The second kappa shape index (κ2) is 5.94. The highest BCUT2D eigenvalue weighted by Gasteiger charge is 2.59. The summed E-state index contributed by atoms with van der Waals surface area (Å²) in [7, 11) is -4.52. The normalized spacial score (nSPS) is 15.5. The highest BCUT2D eigenvalue weighted by molar-refractivity contribution is 7.91. The first-order chi connectivity index (χ1) is 9.25. The van der Waals surface area contributed by atoms with Crippen molar-refractivity contribution in [3.8, 4) is 0 Å². The van der Waals surface area contributed by atoms with Gasteiger partial charge in [0.25, 0.3) is 0 Å². The standard InChI is InChI=1S/C9H8ClF6NO2S2/c1-4(7(8(11,12)13)9(14,15)16)17-21(18,19)6-3-2-5(10)20-6/h2-4,7,17H,1H3/t4-/m0/s1. The largest absolute Gasteiger partial charge is 0.402 e. The van der Waals surface area contributed by atoms with Crippen molar-refractivity contribution >= 4 is 33.0 Å². The second-order valence-electron chi connectivity index (χ2n) is 4.03. The van der Waals surface area contributed by atoms with Gasteiger partial charge in [0.05, 0.1) is 4.34 Å². The van der Waals surface area contributed by atoms with Crippen LogP contribution in [-0.4, -0.2) is 26.8 Å². The summed E-state index contributed by atoms with van der Waals surface area (Å²) >= 11 is 5.99. The molecule has 0 aliphatic rings. The second-order valence-corrected chi connectivity index (χ2v) is 7.69. The first-order valence-corrected chi connectivity index (χ1v) is 7.84. The molecule has 0 fully saturated rings. The quantitative estimate of drug-likeness (QED) is 0.813. The highest BCUT2D eigenvalue weighted by Crippen LogP contribution is 2.41. The van der Waals surface area contributed by atoms with E-state index in [4.69, 9.17) is 11.6 Å². The molecule has 0 spiro atoms. The molecule has 1 N–H and O–H groups in total. The SMILES string of the molecule is C[C@H](NS(=O)(=O)c1ccc(Cl)s1)C(C(F)(F)F)C(F)(F)F. The molecule has 21 heavy (non-hydrogen) atoms. The molecular weight excluding hydrogens is 368 g/mol. The van der Waals surface area contributed by atoms with Crippen molar-refractivity contribution in [2.45, 2.75) is 29.5 Å². The summed E-state index contributed by atoms with van der Waals surface area (Å²) in [6.45, 7) is 0.498. The van der Waals surface area contributed by atoms with Crippen molar-refractivity contribution in [3.05, 3.63) is 16.5 Å². The lowest BCUT2D eigenvalue weighted by Crippen LogP contribution is -2.50. The minimum Gasteiger partial charge on any atom is -0.207 e. The smallest absolute Gasteiger partial charge is 0.207 e. The third-order valence-electron chi connectivity index (χ3n) is 2.36. The molecule has 0 radical (unpaired) electrons. The monoisotopic (exact) mass is 375 g/mol. The van der Waals surface area contributed by atoms with Crippen LogP contribution in [0.25, 0.3) is 0 Å². The van der Waals surface area contributed by atoms with Crippen LogP contribution in [0.4, 0.5) is 26.3 Å². The van der Waals surface area contributed by atoms with Crippen LogP contribution < -0.4 is 4.72 Å². The van der Waals surface area contributed by atoms with E-state index in [0.717, 1.165) is 12.1 Å². The molecule has 3 nitrogen and oxygen atoms in total. The van der Waals surface area contributed by atoms with Crippen LogP contribution in [0.5, 0.6) is 0 Å². The number of thiophene rings is 1. The van der Waals surface area contributed by atoms with Crippen LogP contribution in [-0.2, 0) is 10.0 Å². The van der Waals surface area contributed by atoms with Crippen molar-refractivity contribution < 1.29 is 34.8 Å². The first kappa shape index (κ1) is 18.5. The van der Waals surface area contributed by atoms with E-state index in [0.29, 0.717) is 18.3 Å². The Labute approximate surface area is 125 Å². The zero-order valence-electron chi connectivity index (χ0n) is 10.1. The number of rotatable bonds is 4. The number of hydrogen-bond donors (Lipinski definition) is 1. The Bertz CT molecular complexity index is 580. The van der Waals surface area contributed by atoms with Crippen molar-refractivity contribution in [2.24, 2.45) is 5.92 Å². The van der Waals surface area contributed by atoms with Crippen LogP contribution in [0.3, 0.4) is 0 Å². The Morgan fingerprint density at radius 1 is 1.14 bits per heavy atom. The molecule has 0 aliphatic heterocycles. The summed E-state index contributed by atoms with van der Waals surface area (Å²) in [5.41, 5.74) is 0. The fraction of sp³-hybridized carbons (Fsp3) is 0.556. The third kappa shape index (κ3) is 4.73. The van der Waals surface area contributed by atoms with Crippen molar-refractivity contribution in [1.82, 2.24) is 4.72 Å². The molecule has 0 amide bonds. The highest BCUT2D eigenvalue weighted by atomic mass is 35.5. The van der Waals surface area contributed by atoms with Gasteiger partial charge in [0.1, 0.15) is 4.21 Å². The lowest BCUT2D eigenvalue weighted by Gasteiger charge is -2.28. The fourth-order valence-corrected chi connectivity index (χ4v) is 4.32. The van der Waals surface area contributed by atoms with Crippen LogP contribution >= 0.6 is 22.9 Å². The Kier molecular flexibility index (Phi) is 5.24. The molecule has 0 saturated carbocycles. The molecule has 1 aromatic rings. The van der Waals surface area contributed by atoms with Gasteiger partial charge in [-0.1, -0.05) is 11.6 Å². The van der Waals surface area contributed by atoms with E-state index in [-0.39, 0.29) is 4.34 Å². The molecule has 1 aromatic heterocycles. The summed E-state index contributed by atoms with van der Waals surface area (Å²) in [4.78, 5) is 0. The van der Waals surface area contributed by atoms with Gasteiger partial charge >= 0.3 is 12.4 Å². The van der Waals surface area contributed by atoms with Gasteiger partial charge < -0.3 is 0 Å². The average molecular weight is 376 g/mol. The van der Waals surface area contributed by atoms with E-state index >= 15 is 0 Å². The minimum absolute atomic E-state index is 0.0335. The van der Waals surface area contributed by atoms with E-state index in [9.17, 15) is 34.8 Å². The fourth-order valence-electron chi connectivity index (χ4n) is 1.57. The molecule has 1 atom stereocenters. The molecule has 122 valence electrons. The molecule has 0 bridgehead atoms. The summed E-state index contributed by atoms with van der Waals surface area (Å²) in [5, 5.41) is 0. The van der Waals surface area contributed by atoms with Gasteiger partial charge in [-0.25, -0.2) is 13.1 Å². The predicted octanol–water partition coefficient (Wildman–Crippen LogP) is 3.81. The average Bonchev–Trinajstić information content (AvgIpc) is 2.59. The Hall–Kier alpha value is -0.520. The number of sulfonamides is 1. The number of halogens is 7. The topological polar surface area (TPSA) is 46.2 Å². The van der Waals surface area contributed by atoms with Crippen LogP contribution in [0.1, 0.15) is 6.92 Å². The molecule has 0 saturated heterocycles. The van der Waals surface area contributed by atoms with Crippen LogP contribution in [0.2, 0.25) is 4.34 Å². The minimum atomic E-state index is -5.63. The van der Waals surface area contributed by atoms with E-state index in [1.54, 1.807) is 0 Å². The molecule has 1 heterocycles. The van der Waals surface area contributed by atoms with Crippen molar-refractivity contribution in [1.29, 1.82) is 0 Å². The molecule has 0 unspecified atom stereocenters. The summed E-state index contributed by atoms with van der Waals surface area (Å²) in [6, 6.07) is -0.273. The first-order valence-electron chi connectivity index (χ1n) is 5.16. The Morgan fingerprint density at radius 3 is 1.95 bits per heavy atom. The molecule has 0 aromatic carbocycles. The van der Waals surface area contributed by atoms with Crippen LogP contribution in [0, 0.1) is 5.92 Å². The van der Waals surface area contributed by atoms with E-state index < -0.39 is 38.5 Å². The lowest BCUT2D eigenvalue weighted by atomic mass is 10.0. The molecule has 12 heteroatoms. The molecular formula is C9H8ClF6NO2S2. The van der Waals surface area contributed by atoms with Crippen molar-refractivity contribution in [2.75, 3.05) is 0 Å². The van der Waals surface area contributed by atoms with Gasteiger partial charge in [0.2, 0.25) is 10.0 Å². The Morgan fingerprint density at radius 2 is 1.62 bits per heavy atom. The van der Waals surface area contributed by atoms with Crippen LogP contribution in [0.15, 0.2) is 16.3 Å². The maximum atomic E-state index is 12.5.